The third-order valence-electron chi connectivity index (χ3n) is 3.21. The molecule has 19 heavy (non-hydrogen) atoms. The van der Waals surface area contributed by atoms with Crippen LogP contribution in [0.4, 0.5) is 5.69 Å². The Hall–Kier alpha value is -2.42. The Morgan fingerprint density at radius 3 is 2.47 bits per heavy atom. The van der Waals surface area contributed by atoms with Gasteiger partial charge >= 0.3 is 0 Å². The lowest BCUT2D eigenvalue weighted by molar-refractivity contribution is 0.107. The number of fused-ring (bicyclic) bond motifs is 1. The Morgan fingerprint density at radius 2 is 1.79 bits per heavy atom. The van der Waals surface area contributed by atoms with Crippen molar-refractivity contribution in [3.05, 3.63) is 59.2 Å². The minimum atomic E-state index is -0.0103. The summed E-state index contributed by atoms with van der Waals surface area (Å²) in [4.78, 5) is 16.8. The number of ether oxygens (including phenoxy) is 1. The monoisotopic (exact) mass is 251 g/mol. The molecule has 1 aliphatic heterocycles. The van der Waals surface area contributed by atoms with Crippen LogP contribution in [0.3, 0.4) is 0 Å². The Labute approximate surface area is 111 Å². The van der Waals surface area contributed by atoms with Gasteiger partial charge in [0.1, 0.15) is 11.5 Å². The van der Waals surface area contributed by atoms with Gasteiger partial charge in [0.2, 0.25) is 5.78 Å². The molecule has 0 radical (unpaired) electrons. The van der Waals surface area contributed by atoms with E-state index in [1.165, 1.54) is 0 Å². The number of ketones is 1. The van der Waals surface area contributed by atoms with Crippen molar-refractivity contribution < 1.29 is 9.53 Å². The first kappa shape index (κ1) is 11.7. The molecule has 0 unspecified atom stereocenters. The predicted molar refractivity (Wildman–Crippen MR) is 74.7 cm³/mol. The molecule has 0 saturated carbocycles. The molecule has 0 atom stereocenters. The zero-order valence-electron chi connectivity index (χ0n) is 10.8. The lowest BCUT2D eigenvalue weighted by Crippen LogP contribution is -2.10. The Morgan fingerprint density at radius 1 is 1.05 bits per heavy atom. The van der Waals surface area contributed by atoms with Crippen molar-refractivity contribution in [3.63, 3.8) is 0 Å². The van der Waals surface area contributed by atoms with E-state index in [0.717, 1.165) is 22.6 Å². The molecule has 0 spiro atoms. The average Bonchev–Trinajstić information content (AvgIpc) is 2.76. The Bertz CT molecular complexity index is 684. The molecule has 0 fully saturated rings. The molecule has 0 aliphatic carbocycles. The summed E-state index contributed by atoms with van der Waals surface area (Å²) in [6.07, 6.45) is 0. The molecule has 3 heteroatoms. The van der Waals surface area contributed by atoms with E-state index in [2.05, 4.69) is 4.99 Å². The van der Waals surface area contributed by atoms with Gasteiger partial charge in [0.15, 0.2) is 0 Å². The van der Waals surface area contributed by atoms with Crippen molar-refractivity contribution in [2.45, 2.75) is 6.92 Å². The summed E-state index contributed by atoms with van der Waals surface area (Å²) in [6, 6.07) is 13.1. The summed E-state index contributed by atoms with van der Waals surface area (Å²) in [5, 5.41) is 0. The molecular weight excluding hydrogens is 238 g/mol. The first-order valence-electron chi connectivity index (χ1n) is 6.07. The fraction of sp³-hybridized carbons (Fsp3) is 0.125. The largest absolute Gasteiger partial charge is 0.497 e. The van der Waals surface area contributed by atoms with Crippen LogP contribution >= 0.6 is 0 Å². The minimum Gasteiger partial charge on any atom is -0.497 e. The highest BCUT2D eigenvalue weighted by molar-refractivity contribution is 6.54. The molecule has 0 amide bonds. The SMILES string of the molecule is COc1ccc(C2=Nc3ccc(C)cc3C2=O)cc1. The number of nitrogens with zero attached hydrogens (tertiary/aromatic N) is 1. The highest BCUT2D eigenvalue weighted by Crippen LogP contribution is 2.29. The van der Waals surface area contributed by atoms with Crippen molar-refractivity contribution in [2.75, 3.05) is 7.11 Å². The average molecular weight is 251 g/mol. The summed E-state index contributed by atoms with van der Waals surface area (Å²) >= 11 is 0. The van der Waals surface area contributed by atoms with Gasteiger partial charge in [-0.05, 0) is 43.3 Å². The van der Waals surface area contributed by atoms with Gasteiger partial charge in [-0.25, -0.2) is 4.99 Å². The number of benzene rings is 2. The summed E-state index contributed by atoms with van der Waals surface area (Å²) in [6.45, 7) is 1.97. The van der Waals surface area contributed by atoms with Crippen LogP contribution in [-0.4, -0.2) is 18.6 Å². The maximum atomic E-state index is 12.3. The Balaban J connectivity index is 2.02. The second-order valence-corrected chi connectivity index (χ2v) is 4.54. The van der Waals surface area contributed by atoms with E-state index < -0.39 is 0 Å². The van der Waals surface area contributed by atoms with Crippen molar-refractivity contribution in [3.8, 4) is 5.75 Å². The second-order valence-electron chi connectivity index (χ2n) is 4.54. The van der Waals surface area contributed by atoms with Gasteiger partial charge in [0.05, 0.1) is 18.4 Å². The van der Waals surface area contributed by atoms with E-state index in [1.807, 2.05) is 49.4 Å². The van der Waals surface area contributed by atoms with E-state index in [1.54, 1.807) is 7.11 Å². The van der Waals surface area contributed by atoms with Gasteiger partial charge in [-0.15, -0.1) is 0 Å². The third-order valence-corrected chi connectivity index (χ3v) is 3.21. The van der Waals surface area contributed by atoms with Crippen molar-refractivity contribution in [1.29, 1.82) is 0 Å². The molecule has 3 rings (SSSR count). The number of Topliss-reactive ketones (excluding diaryl/α,β-unsaturated/α-hetero) is 1. The van der Waals surface area contributed by atoms with Crippen LogP contribution in [0.5, 0.6) is 5.75 Å². The lowest BCUT2D eigenvalue weighted by atomic mass is 10.0. The Kier molecular flexibility index (Phi) is 2.67. The van der Waals surface area contributed by atoms with E-state index in [-0.39, 0.29) is 5.78 Å². The summed E-state index contributed by atoms with van der Waals surface area (Å²) in [5.41, 5.74) is 3.83. The normalized spacial score (nSPS) is 13.2. The smallest absolute Gasteiger partial charge is 0.214 e. The highest BCUT2D eigenvalue weighted by Gasteiger charge is 2.25. The number of hydrogen-bond donors (Lipinski definition) is 0. The molecule has 3 nitrogen and oxygen atoms in total. The van der Waals surface area contributed by atoms with Crippen molar-refractivity contribution in [2.24, 2.45) is 4.99 Å². The van der Waals surface area contributed by atoms with Crippen LogP contribution < -0.4 is 4.74 Å². The van der Waals surface area contributed by atoms with E-state index in [4.69, 9.17) is 4.74 Å². The van der Waals surface area contributed by atoms with Crippen molar-refractivity contribution >= 4 is 17.2 Å². The molecule has 2 aromatic rings. The number of aliphatic imine (C=N–C) groups is 1. The summed E-state index contributed by atoms with van der Waals surface area (Å²) < 4.78 is 5.11. The van der Waals surface area contributed by atoms with E-state index in [0.29, 0.717) is 11.3 Å². The van der Waals surface area contributed by atoms with E-state index >= 15 is 0 Å². The molecular formula is C16H13NO2. The number of rotatable bonds is 2. The molecule has 2 aromatic carbocycles. The number of aryl methyl sites for hydroxylation is 1. The van der Waals surface area contributed by atoms with Crippen LogP contribution in [0, 0.1) is 6.92 Å². The summed E-state index contributed by atoms with van der Waals surface area (Å²) in [5.74, 6) is 0.757. The fourth-order valence-corrected chi connectivity index (χ4v) is 2.17. The summed E-state index contributed by atoms with van der Waals surface area (Å²) in [7, 11) is 1.62. The number of hydrogen-bond acceptors (Lipinski definition) is 3. The van der Waals surface area contributed by atoms with Gasteiger partial charge in [-0.2, -0.15) is 0 Å². The topological polar surface area (TPSA) is 38.7 Å². The second kappa shape index (κ2) is 4.35. The lowest BCUT2D eigenvalue weighted by Gasteiger charge is -2.02. The van der Waals surface area contributed by atoms with E-state index in [9.17, 15) is 4.79 Å². The quantitative estimate of drug-likeness (QED) is 0.821. The highest BCUT2D eigenvalue weighted by atomic mass is 16.5. The molecule has 0 bridgehead atoms. The van der Waals surface area contributed by atoms with Gasteiger partial charge in [-0.1, -0.05) is 11.6 Å². The maximum Gasteiger partial charge on any atom is 0.214 e. The van der Waals surface area contributed by atoms with Gasteiger partial charge in [0, 0.05) is 5.56 Å². The zero-order chi connectivity index (χ0) is 13.4. The molecule has 1 heterocycles. The molecule has 94 valence electrons. The minimum absolute atomic E-state index is 0.0103. The fourth-order valence-electron chi connectivity index (χ4n) is 2.17. The molecule has 0 saturated heterocycles. The third kappa shape index (κ3) is 1.93. The number of carbonyl (C=O) groups excluding carboxylic acids is 1. The van der Waals surface area contributed by atoms with Crippen molar-refractivity contribution in [1.82, 2.24) is 0 Å². The maximum absolute atomic E-state index is 12.3. The molecule has 0 aromatic heterocycles. The van der Waals surface area contributed by atoms with Crippen LogP contribution in [-0.2, 0) is 0 Å². The van der Waals surface area contributed by atoms with Gasteiger partial charge < -0.3 is 4.74 Å². The van der Waals surface area contributed by atoms with Crippen LogP contribution in [0.25, 0.3) is 0 Å². The van der Waals surface area contributed by atoms with Crippen LogP contribution in [0.2, 0.25) is 0 Å². The first-order chi connectivity index (χ1) is 9.19. The predicted octanol–water partition coefficient (Wildman–Crippen LogP) is 3.32. The number of carbonyl (C=O) groups is 1. The van der Waals surface area contributed by atoms with Crippen LogP contribution in [0.15, 0.2) is 47.5 Å². The van der Waals surface area contributed by atoms with Gasteiger partial charge in [-0.3, -0.25) is 4.79 Å². The standard InChI is InChI=1S/C16H13NO2/c1-10-3-8-14-13(9-10)16(18)15(17-14)11-4-6-12(19-2)7-5-11/h3-9H,1-2H3. The molecule has 1 aliphatic rings. The van der Waals surface area contributed by atoms with Crippen LogP contribution in [0.1, 0.15) is 21.5 Å². The molecule has 0 N–H and O–H groups in total. The zero-order valence-corrected chi connectivity index (χ0v) is 10.8. The van der Waals surface area contributed by atoms with Gasteiger partial charge in [0.25, 0.3) is 0 Å². The first-order valence-corrected chi connectivity index (χ1v) is 6.07. The number of methoxy groups -OCH3 is 1.